The molecule has 2 heteroatoms. The number of hydrogen-bond acceptors (Lipinski definition) is 1. The summed E-state index contributed by atoms with van der Waals surface area (Å²) in [7, 11) is 0. The van der Waals surface area contributed by atoms with E-state index in [0.29, 0.717) is 0 Å². The van der Waals surface area contributed by atoms with Crippen molar-refractivity contribution in [3.8, 4) is 38.4 Å². The van der Waals surface area contributed by atoms with Crippen LogP contribution in [0, 0.1) is 0 Å². The number of nitrogens with zero attached hydrogens (tertiary/aromatic N) is 1. The van der Waals surface area contributed by atoms with Crippen LogP contribution in [0.25, 0.3) is 91.8 Å². The molecule has 0 spiro atoms. The molecule has 224 valence electrons. The van der Waals surface area contributed by atoms with Crippen molar-refractivity contribution in [2.24, 2.45) is 0 Å². The molecule has 0 amide bonds. The van der Waals surface area contributed by atoms with Gasteiger partial charge in [0.1, 0.15) is 0 Å². The fourth-order valence-corrected chi connectivity index (χ4v) is 9.02. The van der Waals surface area contributed by atoms with Crippen LogP contribution >= 0.6 is 11.3 Å². The fraction of sp³-hybridized carbons (Fsp3) is 0. The molecule has 0 unspecified atom stereocenters. The molecule has 1 nitrogen and oxygen atoms in total. The van der Waals surface area contributed by atoms with E-state index in [1.54, 1.807) is 0 Å². The Bertz CT molecular complexity index is 2750. The van der Waals surface area contributed by atoms with E-state index in [9.17, 15) is 0 Å². The van der Waals surface area contributed by atoms with Gasteiger partial charge in [0.25, 0.3) is 0 Å². The smallest absolute Gasteiger partial charge is 0.0541 e. The van der Waals surface area contributed by atoms with Gasteiger partial charge in [0, 0.05) is 42.4 Å². The average Bonchev–Trinajstić information content (AvgIpc) is 3.73. The lowest BCUT2D eigenvalue weighted by Gasteiger charge is -2.13. The van der Waals surface area contributed by atoms with Crippen molar-refractivity contribution in [1.29, 1.82) is 0 Å². The van der Waals surface area contributed by atoms with Crippen molar-refractivity contribution in [2.45, 2.75) is 0 Å². The van der Waals surface area contributed by atoms with Gasteiger partial charge in [-0.3, -0.25) is 0 Å². The molecule has 0 saturated heterocycles. The Kier molecular flexibility index (Phi) is 6.12. The van der Waals surface area contributed by atoms with E-state index >= 15 is 0 Å². The summed E-state index contributed by atoms with van der Waals surface area (Å²) in [6.45, 7) is 0. The summed E-state index contributed by atoms with van der Waals surface area (Å²) < 4.78 is 3.73. The third kappa shape index (κ3) is 4.10. The molecule has 10 rings (SSSR count). The molecular formula is C46H29NS. The zero-order chi connectivity index (χ0) is 31.6. The van der Waals surface area contributed by atoms with Crippen molar-refractivity contribution >= 4 is 64.8 Å². The van der Waals surface area contributed by atoms with Gasteiger partial charge in [0.15, 0.2) is 0 Å². The standard InChI is InChI=1S/C46H29NS/c1-3-13-31(14-4-1)43-44-38-28-25-33(29-40(38)35-17-7-8-20-39(35)46(44)48-45(43)32-15-5-2-6-16-32)30-23-26-34(27-24-30)47-41-21-11-9-18-36(41)37-19-10-12-22-42(37)47/h1-29H. The molecule has 48 heavy (non-hydrogen) atoms. The van der Waals surface area contributed by atoms with Crippen LogP contribution in [-0.2, 0) is 0 Å². The van der Waals surface area contributed by atoms with Crippen LogP contribution in [0.2, 0.25) is 0 Å². The highest BCUT2D eigenvalue weighted by atomic mass is 32.1. The Morgan fingerprint density at radius 2 is 0.896 bits per heavy atom. The molecule has 0 aliphatic heterocycles. The van der Waals surface area contributed by atoms with E-state index in [4.69, 9.17) is 0 Å². The van der Waals surface area contributed by atoms with Gasteiger partial charge in [0.2, 0.25) is 0 Å². The molecule has 2 aromatic heterocycles. The van der Waals surface area contributed by atoms with Gasteiger partial charge in [-0.15, -0.1) is 11.3 Å². The first kappa shape index (κ1) is 27.2. The highest BCUT2D eigenvalue weighted by Crippen LogP contribution is 2.50. The molecule has 0 aliphatic rings. The minimum Gasteiger partial charge on any atom is -0.309 e. The number of benzene rings is 8. The summed E-state index contributed by atoms with van der Waals surface area (Å²) in [6, 6.07) is 64.2. The second-order valence-corrected chi connectivity index (χ2v) is 13.5. The van der Waals surface area contributed by atoms with E-state index in [1.807, 2.05) is 11.3 Å². The van der Waals surface area contributed by atoms with Crippen molar-refractivity contribution in [1.82, 2.24) is 4.57 Å². The maximum absolute atomic E-state index is 2.40. The zero-order valence-electron chi connectivity index (χ0n) is 26.1. The van der Waals surface area contributed by atoms with Gasteiger partial charge in [-0.05, 0) is 68.7 Å². The van der Waals surface area contributed by atoms with Gasteiger partial charge < -0.3 is 4.57 Å². The van der Waals surface area contributed by atoms with Gasteiger partial charge in [-0.25, -0.2) is 0 Å². The Balaban J connectivity index is 1.19. The first-order chi connectivity index (χ1) is 23.8. The second-order valence-electron chi connectivity index (χ2n) is 12.5. The molecule has 0 aliphatic carbocycles. The third-order valence-corrected chi connectivity index (χ3v) is 11.1. The summed E-state index contributed by atoms with van der Waals surface area (Å²) >= 11 is 1.92. The fourth-order valence-electron chi connectivity index (χ4n) is 7.64. The van der Waals surface area contributed by atoms with E-state index in [2.05, 4.69) is 180 Å². The number of aromatic nitrogens is 1. The second kappa shape index (κ2) is 10.8. The SMILES string of the molecule is c1ccc(-c2sc3c4ccccc4c4cc(-c5ccc(-n6c7ccccc7c7ccccc76)cc5)ccc4c3c2-c2ccccc2)cc1. The lowest BCUT2D eigenvalue weighted by molar-refractivity contribution is 1.18. The van der Waals surface area contributed by atoms with E-state index in [-0.39, 0.29) is 0 Å². The largest absolute Gasteiger partial charge is 0.309 e. The molecular weight excluding hydrogens is 599 g/mol. The van der Waals surface area contributed by atoms with Crippen LogP contribution in [0.3, 0.4) is 0 Å². The van der Waals surface area contributed by atoms with Crippen LogP contribution < -0.4 is 0 Å². The lowest BCUT2D eigenvalue weighted by Crippen LogP contribution is -1.93. The summed E-state index contributed by atoms with van der Waals surface area (Å²) in [5.74, 6) is 0. The predicted molar refractivity (Wildman–Crippen MR) is 207 cm³/mol. The number of thiophene rings is 1. The lowest BCUT2D eigenvalue weighted by atomic mass is 9.91. The normalized spacial score (nSPS) is 11.8. The minimum atomic E-state index is 1.17. The first-order valence-corrected chi connectivity index (χ1v) is 17.3. The number of fused-ring (bicyclic) bond motifs is 9. The van der Waals surface area contributed by atoms with Gasteiger partial charge in [-0.1, -0.05) is 146 Å². The molecule has 0 saturated carbocycles. The van der Waals surface area contributed by atoms with Gasteiger partial charge in [-0.2, -0.15) is 0 Å². The van der Waals surface area contributed by atoms with Crippen LogP contribution in [0.4, 0.5) is 0 Å². The molecule has 10 aromatic rings. The summed E-state index contributed by atoms with van der Waals surface area (Å²) in [5.41, 5.74) is 9.90. The topological polar surface area (TPSA) is 4.93 Å². The minimum absolute atomic E-state index is 1.17. The number of hydrogen-bond donors (Lipinski definition) is 0. The molecule has 0 radical (unpaired) electrons. The highest BCUT2D eigenvalue weighted by Gasteiger charge is 2.21. The maximum Gasteiger partial charge on any atom is 0.0541 e. The summed E-state index contributed by atoms with van der Waals surface area (Å²) in [6.07, 6.45) is 0. The Labute approximate surface area is 282 Å². The van der Waals surface area contributed by atoms with Crippen LogP contribution in [0.1, 0.15) is 0 Å². The highest BCUT2D eigenvalue weighted by molar-refractivity contribution is 7.24. The zero-order valence-corrected chi connectivity index (χ0v) is 26.9. The van der Waals surface area contributed by atoms with Crippen LogP contribution in [-0.4, -0.2) is 4.57 Å². The average molecular weight is 628 g/mol. The van der Waals surface area contributed by atoms with E-state index in [1.165, 1.54) is 91.8 Å². The van der Waals surface area contributed by atoms with E-state index in [0.717, 1.165) is 0 Å². The predicted octanol–water partition coefficient (Wildman–Crippen LogP) is 13.3. The Morgan fingerprint density at radius 1 is 0.354 bits per heavy atom. The van der Waals surface area contributed by atoms with Crippen LogP contribution in [0.5, 0.6) is 0 Å². The van der Waals surface area contributed by atoms with Crippen molar-refractivity contribution in [3.63, 3.8) is 0 Å². The Morgan fingerprint density at radius 3 is 1.56 bits per heavy atom. The Hall–Kier alpha value is -5.96. The van der Waals surface area contributed by atoms with Crippen molar-refractivity contribution in [2.75, 3.05) is 0 Å². The van der Waals surface area contributed by atoms with Gasteiger partial charge in [0.05, 0.1) is 11.0 Å². The van der Waals surface area contributed by atoms with E-state index < -0.39 is 0 Å². The molecule has 0 N–H and O–H groups in total. The number of para-hydroxylation sites is 2. The quantitative estimate of drug-likeness (QED) is 0.171. The maximum atomic E-state index is 2.40. The molecule has 0 bridgehead atoms. The first-order valence-electron chi connectivity index (χ1n) is 16.4. The number of rotatable bonds is 4. The third-order valence-electron chi connectivity index (χ3n) is 9.80. The molecule has 0 fully saturated rings. The van der Waals surface area contributed by atoms with Gasteiger partial charge >= 0.3 is 0 Å². The van der Waals surface area contributed by atoms with Crippen LogP contribution in [0.15, 0.2) is 176 Å². The summed E-state index contributed by atoms with van der Waals surface area (Å²) in [4.78, 5) is 1.32. The molecule has 0 atom stereocenters. The summed E-state index contributed by atoms with van der Waals surface area (Å²) in [5, 5.41) is 9.09. The van der Waals surface area contributed by atoms with Crippen molar-refractivity contribution < 1.29 is 0 Å². The monoisotopic (exact) mass is 627 g/mol. The van der Waals surface area contributed by atoms with Crippen molar-refractivity contribution in [3.05, 3.63) is 176 Å². The molecule has 2 heterocycles. The molecule has 8 aromatic carbocycles.